The monoisotopic (exact) mass is 324 g/mol. The Balaban J connectivity index is 2.09. The van der Waals surface area contributed by atoms with Gasteiger partial charge in [0.05, 0.1) is 0 Å². The van der Waals surface area contributed by atoms with Crippen LogP contribution in [0.4, 0.5) is 0 Å². The van der Waals surface area contributed by atoms with E-state index in [-0.39, 0.29) is 0 Å². The van der Waals surface area contributed by atoms with E-state index in [2.05, 4.69) is 52.5 Å². The number of rotatable bonds is 3. The van der Waals surface area contributed by atoms with Crippen molar-refractivity contribution in [3.63, 3.8) is 0 Å². The Morgan fingerprint density at radius 1 is 0.625 bits per heavy atom. The molecule has 0 nitrogen and oxygen atoms in total. The Hall–Kier alpha value is -0.342. The molecule has 0 atom stereocenters. The van der Waals surface area contributed by atoms with Crippen LogP contribution in [0.2, 0.25) is 0 Å². The van der Waals surface area contributed by atoms with Crippen molar-refractivity contribution in [3.8, 4) is 0 Å². The summed E-state index contributed by atoms with van der Waals surface area (Å²) in [4.78, 5) is 0. The molecule has 4 heteroatoms. The maximum atomic E-state index is 2.30. The van der Waals surface area contributed by atoms with Crippen LogP contribution in [0.15, 0.2) is 52.5 Å². The molecule has 0 aliphatic heterocycles. The molecule has 3 aromatic rings. The van der Waals surface area contributed by atoms with Crippen molar-refractivity contribution < 1.29 is 0 Å². The zero-order chi connectivity index (χ0) is 10.8. The first-order chi connectivity index (χ1) is 7.95. The fraction of sp³-hybridized carbons (Fsp3) is 0. The van der Waals surface area contributed by atoms with Gasteiger partial charge in [-0.25, -0.2) is 0 Å². The maximum absolute atomic E-state index is 2.30. The summed E-state index contributed by atoms with van der Waals surface area (Å²) in [6.45, 7) is 0. The third kappa shape index (κ3) is 2.05. The molecule has 0 radical (unpaired) electrons. The quantitative estimate of drug-likeness (QED) is 0.649. The summed E-state index contributed by atoms with van der Waals surface area (Å²) in [5.41, 5.74) is 0. The van der Waals surface area contributed by atoms with Crippen LogP contribution in [-0.4, -0.2) is 14.7 Å². The fourth-order valence-electron chi connectivity index (χ4n) is 1.52. The third-order valence-electron chi connectivity index (χ3n) is 2.18. The van der Waals surface area contributed by atoms with E-state index in [4.69, 9.17) is 0 Å². The second kappa shape index (κ2) is 4.89. The summed E-state index contributed by atoms with van der Waals surface area (Å²) in [6, 6.07) is 13.4. The molecule has 0 bridgehead atoms. The average Bonchev–Trinajstić information content (AvgIpc) is 3.02. The van der Waals surface area contributed by atoms with Crippen LogP contribution in [0.5, 0.6) is 0 Å². The minimum absolute atomic E-state index is 1.18. The predicted octanol–water partition coefficient (Wildman–Crippen LogP) is 2.39. The van der Waals surface area contributed by atoms with Crippen molar-refractivity contribution in [1.82, 2.24) is 0 Å². The first-order valence-electron chi connectivity index (χ1n) is 4.86. The molecule has 3 heterocycles. The summed E-state index contributed by atoms with van der Waals surface area (Å²) >= 11 is 4.53. The van der Waals surface area contributed by atoms with Crippen molar-refractivity contribution in [2.24, 2.45) is 0 Å². The second-order valence-corrected chi connectivity index (χ2v) is 12.4. The Morgan fingerprint density at radius 2 is 1.00 bits per heavy atom. The zero-order valence-corrected chi connectivity index (χ0v) is 12.7. The van der Waals surface area contributed by atoms with Crippen LogP contribution >= 0.6 is 34.0 Å². The Bertz CT molecular complexity index is 441. The number of hydrogen-bond acceptors (Lipinski definition) is 3. The van der Waals surface area contributed by atoms with Crippen LogP contribution < -0.4 is 11.0 Å². The van der Waals surface area contributed by atoms with Crippen LogP contribution in [0.1, 0.15) is 0 Å². The van der Waals surface area contributed by atoms with Crippen LogP contribution in [-0.2, 0) is 0 Å². The van der Waals surface area contributed by atoms with E-state index in [9.17, 15) is 0 Å². The van der Waals surface area contributed by atoms with Gasteiger partial charge in [0.2, 0.25) is 0 Å². The first kappa shape index (κ1) is 10.8. The van der Waals surface area contributed by atoms with Crippen molar-refractivity contribution in [1.29, 1.82) is 0 Å². The van der Waals surface area contributed by atoms with Gasteiger partial charge >= 0.3 is 112 Å². The molecule has 0 amide bonds. The van der Waals surface area contributed by atoms with Gasteiger partial charge in [0, 0.05) is 0 Å². The van der Waals surface area contributed by atoms with Gasteiger partial charge in [-0.3, -0.25) is 0 Å². The van der Waals surface area contributed by atoms with Crippen molar-refractivity contribution in [2.45, 2.75) is 0 Å². The Kier molecular flexibility index (Phi) is 3.29. The summed E-state index contributed by atoms with van der Waals surface area (Å²) in [5.74, 6) is 0. The zero-order valence-electron chi connectivity index (χ0n) is 8.37. The standard InChI is InChI=1S/C12H9AsS3/c1-4-10(14-7-1)13(11-5-2-8-15-11)12-6-3-9-16-12/h1-9H. The topological polar surface area (TPSA) is 0 Å². The van der Waals surface area contributed by atoms with E-state index in [1.54, 1.807) is 11.0 Å². The van der Waals surface area contributed by atoms with Gasteiger partial charge in [0.25, 0.3) is 0 Å². The first-order valence-corrected chi connectivity index (χ1v) is 10.3. The molecule has 0 aromatic carbocycles. The second-order valence-electron chi connectivity index (χ2n) is 3.19. The van der Waals surface area contributed by atoms with Gasteiger partial charge in [-0.15, -0.1) is 0 Å². The minimum atomic E-state index is -1.18. The van der Waals surface area contributed by atoms with Crippen molar-refractivity contribution >= 4 is 59.7 Å². The summed E-state index contributed by atoms with van der Waals surface area (Å²) in [7, 11) is 0. The molecule has 80 valence electrons. The molecule has 16 heavy (non-hydrogen) atoms. The molecule has 0 aliphatic rings. The van der Waals surface area contributed by atoms with Gasteiger partial charge in [0.1, 0.15) is 0 Å². The van der Waals surface area contributed by atoms with Gasteiger partial charge in [-0.1, -0.05) is 0 Å². The summed E-state index contributed by atoms with van der Waals surface area (Å²) in [5, 5.41) is 6.58. The Labute approximate surface area is 111 Å². The molecule has 0 unspecified atom stereocenters. The molecule has 0 N–H and O–H groups in total. The molecule has 0 saturated heterocycles. The van der Waals surface area contributed by atoms with Gasteiger partial charge < -0.3 is 0 Å². The predicted molar refractivity (Wildman–Crippen MR) is 77.6 cm³/mol. The fourth-order valence-corrected chi connectivity index (χ4v) is 13.1. The van der Waals surface area contributed by atoms with E-state index >= 15 is 0 Å². The Morgan fingerprint density at radius 3 is 1.25 bits per heavy atom. The van der Waals surface area contributed by atoms with E-state index in [1.807, 2.05) is 34.0 Å². The average molecular weight is 324 g/mol. The molecule has 3 aromatic heterocycles. The van der Waals surface area contributed by atoms with E-state index in [0.717, 1.165) is 0 Å². The molecule has 0 fully saturated rings. The normalized spacial score (nSPS) is 11.1. The van der Waals surface area contributed by atoms with Gasteiger partial charge in [0.15, 0.2) is 0 Å². The van der Waals surface area contributed by atoms with Gasteiger partial charge in [-0.05, 0) is 0 Å². The molecule has 0 saturated carbocycles. The van der Waals surface area contributed by atoms with Crippen molar-refractivity contribution in [3.05, 3.63) is 52.5 Å². The number of hydrogen-bond donors (Lipinski definition) is 0. The van der Waals surface area contributed by atoms with Crippen LogP contribution in [0.25, 0.3) is 0 Å². The van der Waals surface area contributed by atoms with Crippen LogP contribution in [0, 0.1) is 0 Å². The van der Waals surface area contributed by atoms with E-state index in [0.29, 0.717) is 0 Å². The van der Waals surface area contributed by atoms with Crippen molar-refractivity contribution in [2.75, 3.05) is 0 Å². The molecule has 0 spiro atoms. The number of thiophene rings is 3. The van der Waals surface area contributed by atoms with Gasteiger partial charge in [-0.2, -0.15) is 0 Å². The summed E-state index contributed by atoms with van der Waals surface area (Å²) in [6.07, 6.45) is 0. The summed E-state index contributed by atoms with van der Waals surface area (Å²) < 4.78 is 4.74. The molecule has 0 aliphatic carbocycles. The van der Waals surface area contributed by atoms with E-state index in [1.165, 1.54) is 0 Å². The van der Waals surface area contributed by atoms with E-state index < -0.39 is 14.7 Å². The molecule has 3 rings (SSSR count). The molecular formula is C12H9AsS3. The molecular weight excluding hydrogens is 315 g/mol. The SMILES string of the molecule is c1csc([As](c2cccs2)c2cccs2)c1. The van der Waals surface area contributed by atoms with Crippen LogP contribution in [0.3, 0.4) is 0 Å². The third-order valence-corrected chi connectivity index (χ3v) is 12.7.